The van der Waals surface area contributed by atoms with Crippen molar-refractivity contribution in [3.05, 3.63) is 0 Å². The summed E-state index contributed by atoms with van der Waals surface area (Å²) in [5.74, 6) is 0.765. The minimum absolute atomic E-state index is 0.478. The highest BCUT2D eigenvalue weighted by Crippen LogP contribution is 2.12. The lowest BCUT2D eigenvalue weighted by Gasteiger charge is -2.21. The van der Waals surface area contributed by atoms with Gasteiger partial charge < -0.3 is 10.1 Å². The number of hydrogen-bond acceptors (Lipinski definition) is 2. The highest BCUT2D eigenvalue weighted by Gasteiger charge is 2.17. The molecule has 1 rings (SSSR count). The molecule has 0 saturated carbocycles. The summed E-state index contributed by atoms with van der Waals surface area (Å²) in [5.41, 5.74) is 0. The van der Waals surface area contributed by atoms with Crippen molar-refractivity contribution < 1.29 is 4.74 Å². The van der Waals surface area contributed by atoms with E-state index in [0.29, 0.717) is 12.1 Å². The van der Waals surface area contributed by atoms with Crippen LogP contribution in [0.4, 0.5) is 0 Å². The molecular formula is C11H23NO. The molecule has 0 aromatic carbocycles. The van der Waals surface area contributed by atoms with Crippen LogP contribution >= 0.6 is 0 Å². The molecule has 1 fully saturated rings. The summed E-state index contributed by atoms with van der Waals surface area (Å²) in [6.45, 7) is 8.81. The second-order valence-corrected chi connectivity index (χ2v) is 4.22. The fourth-order valence-electron chi connectivity index (χ4n) is 1.68. The molecule has 78 valence electrons. The normalized spacial score (nSPS) is 27.5. The smallest absolute Gasteiger partial charge is 0.0700 e. The first kappa shape index (κ1) is 11.0. The van der Waals surface area contributed by atoms with Crippen molar-refractivity contribution in [3.8, 4) is 0 Å². The van der Waals surface area contributed by atoms with E-state index >= 15 is 0 Å². The third-order valence-corrected chi connectivity index (χ3v) is 3.19. The van der Waals surface area contributed by atoms with Crippen molar-refractivity contribution in [2.24, 2.45) is 5.92 Å². The second-order valence-electron chi connectivity index (χ2n) is 4.22. The molecular weight excluding hydrogens is 162 g/mol. The van der Waals surface area contributed by atoms with Crippen LogP contribution in [0.25, 0.3) is 0 Å². The van der Waals surface area contributed by atoms with Crippen molar-refractivity contribution in [2.45, 2.75) is 52.2 Å². The van der Waals surface area contributed by atoms with E-state index in [-0.39, 0.29) is 0 Å². The largest absolute Gasteiger partial charge is 0.377 e. The van der Waals surface area contributed by atoms with Crippen LogP contribution in [0.2, 0.25) is 0 Å². The molecule has 0 aromatic rings. The Morgan fingerprint density at radius 3 is 2.77 bits per heavy atom. The van der Waals surface area contributed by atoms with Crippen molar-refractivity contribution in [1.29, 1.82) is 0 Å². The van der Waals surface area contributed by atoms with Crippen molar-refractivity contribution in [2.75, 3.05) is 13.2 Å². The fraction of sp³-hybridized carbons (Fsp3) is 1.00. The minimum Gasteiger partial charge on any atom is -0.377 e. The maximum absolute atomic E-state index is 5.55. The molecule has 1 aliphatic rings. The van der Waals surface area contributed by atoms with Gasteiger partial charge in [-0.15, -0.1) is 0 Å². The van der Waals surface area contributed by atoms with Crippen LogP contribution in [0.5, 0.6) is 0 Å². The van der Waals surface area contributed by atoms with Gasteiger partial charge >= 0.3 is 0 Å². The van der Waals surface area contributed by atoms with Crippen LogP contribution in [0.1, 0.15) is 40.0 Å². The molecule has 1 N–H and O–H groups in total. The van der Waals surface area contributed by atoms with E-state index in [2.05, 4.69) is 26.1 Å². The molecule has 2 heteroatoms. The molecule has 13 heavy (non-hydrogen) atoms. The molecule has 1 saturated heterocycles. The van der Waals surface area contributed by atoms with E-state index in [9.17, 15) is 0 Å². The van der Waals surface area contributed by atoms with Gasteiger partial charge in [0.1, 0.15) is 0 Å². The summed E-state index contributed by atoms with van der Waals surface area (Å²) in [6.07, 6.45) is 4.20. The highest BCUT2D eigenvalue weighted by atomic mass is 16.5. The zero-order valence-electron chi connectivity index (χ0n) is 9.18. The molecule has 0 amide bonds. The predicted molar refractivity (Wildman–Crippen MR) is 55.9 cm³/mol. The van der Waals surface area contributed by atoms with Crippen LogP contribution in [0, 0.1) is 5.92 Å². The second kappa shape index (κ2) is 5.61. The van der Waals surface area contributed by atoms with Crippen molar-refractivity contribution >= 4 is 0 Å². The summed E-state index contributed by atoms with van der Waals surface area (Å²) in [6, 6.07) is 0.620. The monoisotopic (exact) mass is 185 g/mol. The van der Waals surface area contributed by atoms with Gasteiger partial charge in [-0.25, -0.2) is 0 Å². The van der Waals surface area contributed by atoms with Crippen LogP contribution in [-0.4, -0.2) is 25.3 Å². The number of hydrogen-bond donors (Lipinski definition) is 1. The van der Waals surface area contributed by atoms with E-state index in [1.165, 1.54) is 19.3 Å². The van der Waals surface area contributed by atoms with Gasteiger partial charge in [0.2, 0.25) is 0 Å². The highest BCUT2D eigenvalue weighted by molar-refractivity contribution is 4.72. The van der Waals surface area contributed by atoms with Gasteiger partial charge in [0.15, 0.2) is 0 Å². The maximum atomic E-state index is 5.55. The van der Waals surface area contributed by atoms with Crippen molar-refractivity contribution in [1.82, 2.24) is 5.32 Å². The van der Waals surface area contributed by atoms with Gasteiger partial charge in [0.05, 0.1) is 6.10 Å². The zero-order valence-corrected chi connectivity index (χ0v) is 9.18. The summed E-state index contributed by atoms with van der Waals surface area (Å²) < 4.78 is 5.55. The summed E-state index contributed by atoms with van der Waals surface area (Å²) in [7, 11) is 0. The molecule has 0 radical (unpaired) electrons. The Kier molecular flexibility index (Phi) is 4.74. The predicted octanol–water partition coefficient (Wildman–Crippen LogP) is 2.19. The molecule has 2 nitrogen and oxygen atoms in total. The standard InChI is InChI=1S/C11H23NO/c1-4-9(2)10(3)12-8-11-6-5-7-13-11/h9-12H,4-8H2,1-3H3/t9-,10-,11+/m0/s1. The lowest BCUT2D eigenvalue weighted by molar-refractivity contribution is 0.106. The molecule has 0 spiro atoms. The Balaban J connectivity index is 2.10. The lowest BCUT2D eigenvalue weighted by atomic mass is 10.0. The summed E-state index contributed by atoms with van der Waals surface area (Å²) in [4.78, 5) is 0. The SMILES string of the molecule is CC[C@H](C)[C@H](C)NC[C@H]1CCCO1. The number of nitrogens with one attached hydrogen (secondary N) is 1. The average molecular weight is 185 g/mol. The zero-order chi connectivity index (χ0) is 9.68. The maximum Gasteiger partial charge on any atom is 0.0700 e. The van der Waals surface area contributed by atoms with Crippen molar-refractivity contribution in [3.63, 3.8) is 0 Å². The van der Waals surface area contributed by atoms with Gasteiger partial charge in [0.25, 0.3) is 0 Å². The van der Waals surface area contributed by atoms with Gasteiger partial charge in [-0.2, -0.15) is 0 Å². The first-order chi connectivity index (χ1) is 6.24. The number of rotatable bonds is 5. The lowest BCUT2D eigenvalue weighted by Crippen LogP contribution is -2.37. The molecule has 1 aliphatic heterocycles. The van der Waals surface area contributed by atoms with Gasteiger partial charge in [-0.05, 0) is 25.7 Å². The molecule has 0 bridgehead atoms. The van der Waals surface area contributed by atoms with E-state index in [1.54, 1.807) is 0 Å². The molecule has 0 unspecified atom stereocenters. The van der Waals surface area contributed by atoms with E-state index in [0.717, 1.165) is 19.1 Å². The Hall–Kier alpha value is -0.0800. The Bertz CT molecular complexity index is 132. The van der Waals surface area contributed by atoms with Gasteiger partial charge in [0, 0.05) is 19.2 Å². The Morgan fingerprint density at radius 1 is 1.46 bits per heavy atom. The van der Waals surface area contributed by atoms with E-state index in [1.807, 2.05) is 0 Å². The molecule has 1 heterocycles. The summed E-state index contributed by atoms with van der Waals surface area (Å²) >= 11 is 0. The van der Waals surface area contributed by atoms with Crippen LogP contribution < -0.4 is 5.32 Å². The Labute approximate surface area is 82.0 Å². The third kappa shape index (κ3) is 3.65. The minimum atomic E-state index is 0.478. The molecule has 3 atom stereocenters. The Morgan fingerprint density at radius 2 is 2.23 bits per heavy atom. The fourth-order valence-corrected chi connectivity index (χ4v) is 1.68. The summed E-state index contributed by atoms with van der Waals surface area (Å²) in [5, 5.41) is 3.55. The van der Waals surface area contributed by atoms with Gasteiger partial charge in [-0.1, -0.05) is 20.3 Å². The topological polar surface area (TPSA) is 21.3 Å². The van der Waals surface area contributed by atoms with E-state index in [4.69, 9.17) is 4.74 Å². The van der Waals surface area contributed by atoms with Gasteiger partial charge in [-0.3, -0.25) is 0 Å². The first-order valence-electron chi connectivity index (χ1n) is 5.59. The first-order valence-corrected chi connectivity index (χ1v) is 5.59. The molecule has 0 aliphatic carbocycles. The number of ether oxygens (including phenoxy) is 1. The average Bonchev–Trinajstić information content (AvgIpc) is 2.65. The molecule has 0 aromatic heterocycles. The van der Waals surface area contributed by atoms with Crippen LogP contribution in [0.15, 0.2) is 0 Å². The van der Waals surface area contributed by atoms with E-state index < -0.39 is 0 Å². The van der Waals surface area contributed by atoms with Crippen LogP contribution in [0.3, 0.4) is 0 Å². The third-order valence-electron chi connectivity index (χ3n) is 3.19. The quantitative estimate of drug-likeness (QED) is 0.709. The van der Waals surface area contributed by atoms with Crippen LogP contribution in [-0.2, 0) is 4.74 Å².